The third-order valence-electron chi connectivity index (χ3n) is 3.17. The molecule has 1 N–H and O–H groups in total. The monoisotopic (exact) mass is 299 g/mol. The molecule has 2 rings (SSSR count). The van der Waals surface area contributed by atoms with Crippen molar-refractivity contribution in [1.82, 2.24) is 5.32 Å². The maximum Gasteiger partial charge on any atom is 0.573 e. The molecule has 1 aromatic carbocycles. The Morgan fingerprint density at radius 3 is 2.90 bits per heavy atom. The van der Waals surface area contributed by atoms with Gasteiger partial charge in [0.2, 0.25) is 0 Å². The normalized spacial score (nSPS) is 20.0. The average molecular weight is 299 g/mol. The smallest absolute Gasteiger partial charge is 0.406 e. The first-order chi connectivity index (χ1) is 9.98. The van der Waals surface area contributed by atoms with Gasteiger partial charge in [0.05, 0.1) is 12.1 Å². The van der Waals surface area contributed by atoms with E-state index in [2.05, 4.69) is 16.0 Å². The van der Waals surface area contributed by atoms with Gasteiger partial charge >= 0.3 is 6.36 Å². The Hall–Kier alpha value is -1.71. The van der Waals surface area contributed by atoms with E-state index in [1.807, 2.05) is 0 Å². The van der Waals surface area contributed by atoms with E-state index in [9.17, 15) is 13.2 Å². The molecule has 3 nitrogen and oxygen atoms in total. The van der Waals surface area contributed by atoms with Crippen molar-refractivity contribution in [3.63, 3.8) is 0 Å². The van der Waals surface area contributed by atoms with E-state index >= 15 is 0 Å². The molecule has 2 atom stereocenters. The summed E-state index contributed by atoms with van der Waals surface area (Å²) in [6, 6.07) is 5.56. The average Bonchev–Trinajstić information content (AvgIpc) is 2.92. The maximum absolute atomic E-state index is 12.2. The predicted octanol–water partition coefficient (Wildman–Crippen LogP) is 2.86. The minimum absolute atomic E-state index is 0.0374. The van der Waals surface area contributed by atoms with Crippen molar-refractivity contribution >= 4 is 0 Å². The van der Waals surface area contributed by atoms with Gasteiger partial charge in [0, 0.05) is 13.2 Å². The fourth-order valence-corrected chi connectivity index (χ4v) is 2.24. The summed E-state index contributed by atoms with van der Waals surface area (Å²) >= 11 is 0. The van der Waals surface area contributed by atoms with Crippen LogP contribution in [0.3, 0.4) is 0 Å². The van der Waals surface area contributed by atoms with Crippen LogP contribution in [0.1, 0.15) is 18.4 Å². The summed E-state index contributed by atoms with van der Waals surface area (Å²) in [5.41, 5.74) is 0.662. The van der Waals surface area contributed by atoms with E-state index in [0.717, 1.165) is 12.8 Å². The molecule has 1 saturated heterocycles. The standard InChI is InChI=1S/C15H16F3NO2/c1-2-13(14-7-4-8-20-14)19-10-11-5-3-6-12(9-11)21-15(16,17)18/h1,3,5-6,9,13-14,19H,4,7-8,10H2/t13-,14+/m0/s1. The largest absolute Gasteiger partial charge is 0.573 e. The molecular weight excluding hydrogens is 283 g/mol. The van der Waals surface area contributed by atoms with Crippen LogP contribution in [-0.4, -0.2) is 25.1 Å². The summed E-state index contributed by atoms with van der Waals surface area (Å²) in [6.07, 6.45) is 2.60. The molecule has 1 aliphatic heterocycles. The van der Waals surface area contributed by atoms with Crippen molar-refractivity contribution in [2.24, 2.45) is 0 Å². The van der Waals surface area contributed by atoms with Crippen LogP contribution in [-0.2, 0) is 11.3 Å². The second-order valence-corrected chi connectivity index (χ2v) is 4.77. The molecule has 114 valence electrons. The van der Waals surface area contributed by atoms with Gasteiger partial charge in [-0.15, -0.1) is 19.6 Å². The van der Waals surface area contributed by atoms with Gasteiger partial charge in [0.15, 0.2) is 0 Å². The SMILES string of the molecule is C#C[C@H](NCc1cccc(OC(F)(F)F)c1)[C@H]1CCCO1. The molecule has 0 aliphatic carbocycles. The minimum Gasteiger partial charge on any atom is -0.406 e. The van der Waals surface area contributed by atoms with E-state index in [-0.39, 0.29) is 17.9 Å². The topological polar surface area (TPSA) is 30.5 Å². The number of hydrogen-bond donors (Lipinski definition) is 1. The summed E-state index contributed by atoms with van der Waals surface area (Å²) in [4.78, 5) is 0. The highest BCUT2D eigenvalue weighted by Crippen LogP contribution is 2.23. The molecular formula is C15H16F3NO2. The Morgan fingerprint density at radius 1 is 1.48 bits per heavy atom. The van der Waals surface area contributed by atoms with Crippen LogP contribution in [0.2, 0.25) is 0 Å². The highest BCUT2D eigenvalue weighted by Gasteiger charge is 2.31. The van der Waals surface area contributed by atoms with Crippen LogP contribution in [0.25, 0.3) is 0 Å². The molecule has 0 radical (unpaired) electrons. The molecule has 0 aromatic heterocycles. The fourth-order valence-electron chi connectivity index (χ4n) is 2.24. The number of terminal acetylenes is 1. The number of hydrogen-bond acceptors (Lipinski definition) is 3. The third-order valence-corrected chi connectivity index (χ3v) is 3.17. The zero-order chi connectivity index (χ0) is 15.3. The van der Waals surface area contributed by atoms with Crippen LogP contribution in [0, 0.1) is 12.3 Å². The lowest BCUT2D eigenvalue weighted by atomic mass is 10.1. The van der Waals surface area contributed by atoms with Gasteiger partial charge in [-0.25, -0.2) is 0 Å². The highest BCUT2D eigenvalue weighted by atomic mass is 19.4. The zero-order valence-electron chi connectivity index (χ0n) is 11.3. The molecule has 1 heterocycles. The number of benzene rings is 1. The van der Waals surface area contributed by atoms with Gasteiger partial charge in [-0.1, -0.05) is 18.1 Å². The number of nitrogens with one attached hydrogen (secondary N) is 1. The Balaban J connectivity index is 1.93. The molecule has 6 heteroatoms. The van der Waals surface area contributed by atoms with Crippen molar-refractivity contribution in [1.29, 1.82) is 0 Å². The van der Waals surface area contributed by atoms with Gasteiger partial charge in [-0.3, -0.25) is 5.32 Å². The minimum atomic E-state index is -4.69. The second kappa shape index (κ2) is 6.83. The number of alkyl halides is 3. The molecule has 0 saturated carbocycles. The predicted molar refractivity (Wildman–Crippen MR) is 71.6 cm³/mol. The van der Waals surface area contributed by atoms with E-state index in [0.29, 0.717) is 18.7 Å². The van der Waals surface area contributed by atoms with Crippen LogP contribution < -0.4 is 10.1 Å². The third kappa shape index (κ3) is 4.96. The van der Waals surface area contributed by atoms with Crippen molar-refractivity contribution in [2.45, 2.75) is 37.9 Å². The van der Waals surface area contributed by atoms with Crippen LogP contribution in [0.15, 0.2) is 24.3 Å². The molecule has 1 aliphatic rings. The lowest BCUT2D eigenvalue weighted by Gasteiger charge is -2.19. The van der Waals surface area contributed by atoms with Gasteiger partial charge < -0.3 is 9.47 Å². The van der Waals surface area contributed by atoms with Crippen molar-refractivity contribution in [3.05, 3.63) is 29.8 Å². The molecule has 21 heavy (non-hydrogen) atoms. The van der Waals surface area contributed by atoms with Crippen molar-refractivity contribution < 1.29 is 22.6 Å². The molecule has 1 aromatic rings. The number of halogens is 3. The van der Waals surface area contributed by atoms with E-state index in [1.54, 1.807) is 6.07 Å². The molecule has 1 fully saturated rings. The first-order valence-corrected chi connectivity index (χ1v) is 6.64. The van der Waals surface area contributed by atoms with Gasteiger partial charge in [0.25, 0.3) is 0 Å². The molecule has 0 amide bonds. The fraction of sp³-hybridized carbons (Fsp3) is 0.467. The molecule has 0 bridgehead atoms. The first kappa shape index (κ1) is 15.7. The Morgan fingerprint density at radius 2 is 2.29 bits per heavy atom. The molecule has 0 unspecified atom stereocenters. The van der Waals surface area contributed by atoms with E-state index < -0.39 is 6.36 Å². The van der Waals surface area contributed by atoms with Crippen molar-refractivity contribution in [3.8, 4) is 18.1 Å². The van der Waals surface area contributed by atoms with E-state index in [4.69, 9.17) is 11.2 Å². The van der Waals surface area contributed by atoms with Gasteiger partial charge in [-0.05, 0) is 30.5 Å². The summed E-state index contributed by atoms with van der Waals surface area (Å²) < 4.78 is 45.9. The lowest BCUT2D eigenvalue weighted by Crippen LogP contribution is -2.37. The second-order valence-electron chi connectivity index (χ2n) is 4.77. The highest BCUT2D eigenvalue weighted by molar-refractivity contribution is 5.28. The first-order valence-electron chi connectivity index (χ1n) is 6.64. The number of ether oxygens (including phenoxy) is 2. The quantitative estimate of drug-likeness (QED) is 0.848. The summed E-state index contributed by atoms with van der Waals surface area (Å²) in [7, 11) is 0. The molecule has 0 spiro atoms. The maximum atomic E-state index is 12.2. The Bertz CT molecular complexity index is 504. The van der Waals surface area contributed by atoms with Gasteiger partial charge in [0.1, 0.15) is 5.75 Å². The summed E-state index contributed by atoms with van der Waals surface area (Å²) in [6.45, 7) is 1.04. The number of rotatable bonds is 5. The zero-order valence-corrected chi connectivity index (χ0v) is 11.3. The van der Waals surface area contributed by atoms with Crippen LogP contribution >= 0.6 is 0 Å². The lowest BCUT2D eigenvalue weighted by molar-refractivity contribution is -0.274. The van der Waals surface area contributed by atoms with Crippen LogP contribution in [0.4, 0.5) is 13.2 Å². The van der Waals surface area contributed by atoms with E-state index in [1.165, 1.54) is 18.2 Å². The Kier molecular flexibility index (Phi) is 5.10. The van der Waals surface area contributed by atoms with Crippen LogP contribution in [0.5, 0.6) is 5.75 Å². The summed E-state index contributed by atoms with van der Waals surface area (Å²) in [5.74, 6) is 2.38. The van der Waals surface area contributed by atoms with Crippen molar-refractivity contribution in [2.75, 3.05) is 6.61 Å². The van der Waals surface area contributed by atoms with Gasteiger partial charge in [-0.2, -0.15) is 0 Å². The Labute approximate surface area is 121 Å². The summed E-state index contributed by atoms with van der Waals surface area (Å²) in [5, 5.41) is 3.12.